The first kappa shape index (κ1) is 12.7. The lowest BCUT2D eigenvalue weighted by Crippen LogP contribution is -2.43. The van der Waals surface area contributed by atoms with Crippen molar-refractivity contribution in [2.45, 2.75) is 44.3 Å². The van der Waals surface area contributed by atoms with Gasteiger partial charge in [0, 0.05) is 25.0 Å². The molecular weight excluding hydrogens is 250 g/mol. The molecule has 3 aliphatic rings. The third-order valence-electron chi connectivity index (χ3n) is 5.31. The highest BCUT2D eigenvalue weighted by molar-refractivity contribution is 5.37. The summed E-state index contributed by atoms with van der Waals surface area (Å²) in [6, 6.07) is 8.39. The van der Waals surface area contributed by atoms with Crippen LogP contribution >= 0.6 is 0 Å². The molecule has 0 amide bonds. The smallest absolute Gasteiger partial charge is 0.123 e. The van der Waals surface area contributed by atoms with Gasteiger partial charge in [-0.25, -0.2) is 0 Å². The third kappa shape index (κ3) is 2.04. The fraction of sp³-hybridized carbons (Fsp3) is 0.647. The molecule has 108 valence electrons. The molecule has 3 heteroatoms. The third-order valence-corrected chi connectivity index (χ3v) is 5.31. The maximum Gasteiger partial charge on any atom is 0.123 e. The van der Waals surface area contributed by atoms with Crippen LogP contribution in [0.4, 0.5) is 0 Å². The zero-order valence-corrected chi connectivity index (χ0v) is 11.9. The zero-order valence-electron chi connectivity index (χ0n) is 11.9. The molecule has 0 aromatic heterocycles. The average Bonchev–Trinajstić information content (AvgIpc) is 3.09. The minimum Gasteiger partial charge on any atom is -0.490 e. The summed E-state index contributed by atoms with van der Waals surface area (Å²) in [4.78, 5) is 0. The highest BCUT2D eigenvalue weighted by Gasteiger charge is 2.51. The van der Waals surface area contributed by atoms with E-state index in [1.165, 1.54) is 18.4 Å². The lowest BCUT2D eigenvalue weighted by Gasteiger charge is -2.35. The molecule has 4 rings (SSSR count). The summed E-state index contributed by atoms with van der Waals surface area (Å²) in [5.74, 6) is 1.82. The van der Waals surface area contributed by atoms with E-state index in [2.05, 4.69) is 18.2 Å². The molecule has 20 heavy (non-hydrogen) atoms. The van der Waals surface area contributed by atoms with Gasteiger partial charge in [0.25, 0.3) is 0 Å². The molecule has 1 aromatic rings. The Labute approximate surface area is 120 Å². The van der Waals surface area contributed by atoms with E-state index in [1.807, 2.05) is 6.07 Å². The Morgan fingerprint density at radius 3 is 2.85 bits per heavy atom. The number of hydrogen-bond acceptors (Lipinski definition) is 3. The largest absolute Gasteiger partial charge is 0.490 e. The molecule has 0 radical (unpaired) electrons. The highest BCUT2D eigenvalue weighted by Crippen LogP contribution is 2.50. The second-order valence-electron chi connectivity index (χ2n) is 6.70. The SMILES string of the molecule is NCC1(CC2Cc3ccccc3O2)CCOC1C1CC1. The minimum atomic E-state index is 0.147. The lowest BCUT2D eigenvalue weighted by molar-refractivity contribution is 0.0139. The number of para-hydroxylation sites is 1. The zero-order chi connectivity index (χ0) is 13.6. The Bertz CT molecular complexity index is 475. The fourth-order valence-electron chi connectivity index (χ4n) is 4.08. The van der Waals surface area contributed by atoms with E-state index >= 15 is 0 Å². The average molecular weight is 273 g/mol. The summed E-state index contributed by atoms with van der Waals surface area (Å²) < 4.78 is 12.2. The summed E-state index contributed by atoms with van der Waals surface area (Å²) in [6.07, 6.45) is 6.45. The predicted molar refractivity (Wildman–Crippen MR) is 77.7 cm³/mol. The Kier molecular flexibility index (Phi) is 3.00. The second kappa shape index (κ2) is 4.74. The topological polar surface area (TPSA) is 44.5 Å². The van der Waals surface area contributed by atoms with Crippen LogP contribution in [0.5, 0.6) is 5.75 Å². The Hall–Kier alpha value is -1.06. The molecule has 1 aromatic carbocycles. The molecule has 3 nitrogen and oxygen atoms in total. The van der Waals surface area contributed by atoms with Crippen LogP contribution < -0.4 is 10.5 Å². The summed E-state index contributed by atoms with van der Waals surface area (Å²) in [5, 5.41) is 0. The lowest BCUT2D eigenvalue weighted by atomic mass is 9.74. The van der Waals surface area contributed by atoms with Gasteiger partial charge in [0.15, 0.2) is 0 Å². The Morgan fingerprint density at radius 2 is 2.10 bits per heavy atom. The van der Waals surface area contributed by atoms with Gasteiger partial charge < -0.3 is 15.2 Å². The number of nitrogens with two attached hydrogens (primary N) is 1. The number of rotatable bonds is 4. The summed E-state index contributed by atoms with van der Waals surface area (Å²) >= 11 is 0. The van der Waals surface area contributed by atoms with Crippen LogP contribution in [0, 0.1) is 11.3 Å². The van der Waals surface area contributed by atoms with E-state index in [0.29, 0.717) is 6.10 Å². The van der Waals surface area contributed by atoms with Crippen molar-refractivity contribution >= 4 is 0 Å². The van der Waals surface area contributed by atoms with Gasteiger partial charge in [-0.05, 0) is 43.2 Å². The van der Waals surface area contributed by atoms with Crippen LogP contribution in [0.15, 0.2) is 24.3 Å². The maximum atomic E-state index is 6.17. The van der Waals surface area contributed by atoms with E-state index < -0.39 is 0 Å². The quantitative estimate of drug-likeness (QED) is 0.917. The fourth-order valence-corrected chi connectivity index (χ4v) is 4.08. The monoisotopic (exact) mass is 273 g/mol. The molecule has 0 bridgehead atoms. The number of benzene rings is 1. The number of ether oxygens (including phenoxy) is 2. The molecule has 0 spiro atoms. The Balaban J connectivity index is 1.50. The van der Waals surface area contributed by atoms with E-state index in [0.717, 1.165) is 44.1 Å². The summed E-state index contributed by atoms with van der Waals surface area (Å²) in [7, 11) is 0. The number of fused-ring (bicyclic) bond motifs is 1. The highest BCUT2D eigenvalue weighted by atomic mass is 16.5. The van der Waals surface area contributed by atoms with Crippen molar-refractivity contribution in [3.05, 3.63) is 29.8 Å². The van der Waals surface area contributed by atoms with E-state index in [1.54, 1.807) is 0 Å². The first-order valence-corrected chi connectivity index (χ1v) is 7.87. The van der Waals surface area contributed by atoms with Crippen molar-refractivity contribution in [3.8, 4) is 5.75 Å². The van der Waals surface area contributed by atoms with E-state index in [4.69, 9.17) is 15.2 Å². The van der Waals surface area contributed by atoms with Gasteiger partial charge in [0.2, 0.25) is 0 Å². The van der Waals surface area contributed by atoms with Crippen molar-refractivity contribution in [1.29, 1.82) is 0 Å². The van der Waals surface area contributed by atoms with Crippen LogP contribution in [0.1, 0.15) is 31.2 Å². The van der Waals surface area contributed by atoms with Gasteiger partial charge in [0.05, 0.1) is 6.10 Å². The van der Waals surface area contributed by atoms with Crippen LogP contribution in [0.3, 0.4) is 0 Å². The van der Waals surface area contributed by atoms with Gasteiger partial charge in [0.1, 0.15) is 11.9 Å². The molecule has 2 N–H and O–H groups in total. The van der Waals surface area contributed by atoms with E-state index in [9.17, 15) is 0 Å². The normalized spacial score (nSPS) is 35.9. The Morgan fingerprint density at radius 1 is 1.25 bits per heavy atom. The van der Waals surface area contributed by atoms with Crippen molar-refractivity contribution in [1.82, 2.24) is 0 Å². The van der Waals surface area contributed by atoms with Crippen LogP contribution in [0.25, 0.3) is 0 Å². The van der Waals surface area contributed by atoms with Gasteiger partial charge in [-0.3, -0.25) is 0 Å². The van der Waals surface area contributed by atoms with Gasteiger partial charge in [-0.1, -0.05) is 18.2 Å². The van der Waals surface area contributed by atoms with Gasteiger partial charge >= 0.3 is 0 Å². The van der Waals surface area contributed by atoms with Gasteiger partial charge in [-0.2, -0.15) is 0 Å². The van der Waals surface area contributed by atoms with Crippen molar-refractivity contribution < 1.29 is 9.47 Å². The van der Waals surface area contributed by atoms with E-state index in [-0.39, 0.29) is 11.5 Å². The first-order chi connectivity index (χ1) is 9.81. The first-order valence-electron chi connectivity index (χ1n) is 7.87. The predicted octanol–water partition coefficient (Wildman–Crippen LogP) is 2.52. The summed E-state index contributed by atoms with van der Waals surface area (Å²) in [6.45, 7) is 1.60. The second-order valence-corrected chi connectivity index (χ2v) is 6.70. The molecule has 1 saturated heterocycles. The summed E-state index contributed by atoms with van der Waals surface area (Å²) in [5.41, 5.74) is 7.66. The molecular formula is C17H23NO2. The van der Waals surface area contributed by atoms with Crippen LogP contribution in [-0.2, 0) is 11.2 Å². The molecule has 1 saturated carbocycles. The molecule has 3 atom stereocenters. The molecule has 2 heterocycles. The number of hydrogen-bond donors (Lipinski definition) is 1. The molecule has 1 aliphatic carbocycles. The van der Waals surface area contributed by atoms with Crippen LogP contribution in [-0.4, -0.2) is 25.4 Å². The molecule has 3 unspecified atom stereocenters. The minimum absolute atomic E-state index is 0.147. The van der Waals surface area contributed by atoms with Crippen molar-refractivity contribution in [2.24, 2.45) is 17.1 Å². The standard InChI is InChI=1S/C17H23NO2/c18-11-17(7-8-19-16(17)12-5-6-12)10-14-9-13-3-1-2-4-15(13)20-14/h1-4,12,14,16H,5-11,18H2. The molecule has 2 aliphatic heterocycles. The molecule has 2 fully saturated rings. The maximum absolute atomic E-state index is 6.17. The van der Waals surface area contributed by atoms with Crippen molar-refractivity contribution in [3.63, 3.8) is 0 Å². The van der Waals surface area contributed by atoms with Gasteiger partial charge in [-0.15, -0.1) is 0 Å². The van der Waals surface area contributed by atoms with Crippen molar-refractivity contribution in [2.75, 3.05) is 13.2 Å². The van der Waals surface area contributed by atoms with Crippen LogP contribution in [0.2, 0.25) is 0 Å².